The molecule has 0 saturated carbocycles. The van der Waals surface area contributed by atoms with Gasteiger partial charge in [-0.1, -0.05) is 23.6 Å². The minimum absolute atomic E-state index is 0.170. The highest BCUT2D eigenvalue weighted by molar-refractivity contribution is 7.92. The van der Waals surface area contributed by atoms with Crippen molar-refractivity contribution < 1.29 is 13.2 Å². The van der Waals surface area contributed by atoms with Gasteiger partial charge in [-0.25, -0.2) is 12.7 Å². The number of nitrogens with zero attached hydrogens (tertiary/aromatic N) is 4. The summed E-state index contributed by atoms with van der Waals surface area (Å²) in [6, 6.07) is 13.9. The summed E-state index contributed by atoms with van der Waals surface area (Å²) in [5.41, 5.74) is 2.00. The quantitative estimate of drug-likeness (QED) is 0.633. The van der Waals surface area contributed by atoms with Gasteiger partial charge in [-0.15, -0.1) is 10.2 Å². The van der Waals surface area contributed by atoms with Crippen LogP contribution in [0.5, 0.6) is 5.75 Å². The lowest BCUT2D eigenvalue weighted by molar-refractivity contribution is 0.415. The third-order valence-electron chi connectivity index (χ3n) is 4.09. The highest BCUT2D eigenvalue weighted by Gasteiger charge is 2.26. The lowest BCUT2D eigenvalue weighted by atomic mass is 10.2. The van der Waals surface area contributed by atoms with Crippen LogP contribution < -0.4 is 9.04 Å². The third kappa shape index (κ3) is 4.00. The lowest BCUT2D eigenvalue weighted by Crippen LogP contribution is -2.27. The van der Waals surface area contributed by atoms with Crippen molar-refractivity contribution in [1.82, 2.24) is 15.0 Å². The average Bonchev–Trinajstić information content (AvgIpc) is 3.07. The summed E-state index contributed by atoms with van der Waals surface area (Å²) < 4.78 is 32.1. The van der Waals surface area contributed by atoms with Gasteiger partial charge in [-0.2, -0.15) is 4.80 Å². The van der Waals surface area contributed by atoms with Crippen LogP contribution in [0.25, 0.3) is 0 Å². The molecule has 144 valence electrons. The van der Waals surface area contributed by atoms with Gasteiger partial charge >= 0.3 is 0 Å². The van der Waals surface area contributed by atoms with E-state index in [0.29, 0.717) is 0 Å². The zero-order valence-electron chi connectivity index (χ0n) is 16.0. The molecular formula is C20H20N4O3S. The SMILES string of the molecule is COc1ccc(C#Cc2nn(C)nc2N(C)S(=O)(=O)c2ccc(C)cc2)cc1. The van der Waals surface area contributed by atoms with Crippen LogP contribution in [0, 0.1) is 18.8 Å². The molecule has 0 amide bonds. The number of ether oxygens (including phenoxy) is 1. The van der Waals surface area contributed by atoms with Crippen molar-refractivity contribution in [3.63, 3.8) is 0 Å². The van der Waals surface area contributed by atoms with Gasteiger partial charge in [-0.05, 0) is 49.2 Å². The van der Waals surface area contributed by atoms with Gasteiger partial charge in [0, 0.05) is 19.7 Å². The first-order valence-corrected chi connectivity index (χ1v) is 9.88. The van der Waals surface area contributed by atoms with Crippen molar-refractivity contribution in [2.75, 3.05) is 18.5 Å². The molecule has 0 N–H and O–H groups in total. The molecule has 0 spiro atoms. The molecular weight excluding hydrogens is 376 g/mol. The molecule has 1 aromatic heterocycles. The minimum Gasteiger partial charge on any atom is -0.497 e. The Balaban J connectivity index is 1.95. The van der Waals surface area contributed by atoms with Crippen LogP contribution in [-0.2, 0) is 17.1 Å². The molecule has 0 aliphatic heterocycles. The van der Waals surface area contributed by atoms with Gasteiger partial charge < -0.3 is 4.74 Å². The monoisotopic (exact) mass is 396 g/mol. The molecule has 0 atom stereocenters. The number of aromatic nitrogens is 3. The van der Waals surface area contributed by atoms with E-state index in [1.807, 2.05) is 19.1 Å². The molecule has 7 nitrogen and oxygen atoms in total. The van der Waals surface area contributed by atoms with Gasteiger partial charge in [-0.3, -0.25) is 0 Å². The number of methoxy groups -OCH3 is 1. The van der Waals surface area contributed by atoms with E-state index in [9.17, 15) is 8.42 Å². The number of sulfonamides is 1. The normalized spacial score (nSPS) is 10.9. The predicted molar refractivity (Wildman–Crippen MR) is 107 cm³/mol. The zero-order chi connectivity index (χ0) is 20.3. The fourth-order valence-corrected chi connectivity index (χ4v) is 3.62. The largest absolute Gasteiger partial charge is 0.497 e. The molecule has 0 fully saturated rings. The Labute approximate surface area is 164 Å². The van der Waals surface area contributed by atoms with E-state index in [2.05, 4.69) is 22.0 Å². The summed E-state index contributed by atoms with van der Waals surface area (Å²) in [4.78, 5) is 1.48. The van der Waals surface area contributed by atoms with E-state index in [0.717, 1.165) is 21.2 Å². The molecule has 3 rings (SSSR count). The molecule has 8 heteroatoms. The van der Waals surface area contributed by atoms with Crippen LogP contribution in [0.3, 0.4) is 0 Å². The van der Waals surface area contributed by atoms with Crippen molar-refractivity contribution in [3.05, 3.63) is 65.4 Å². The Morgan fingerprint density at radius 2 is 1.64 bits per heavy atom. The van der Waals surface area contributed by atoms with Gasteiger partial charge in [0.2, 0.25) is 5.82 Å². The molecule has 1 heterocycles. The average molecular weight is 396 g/mol. The highest BCUT2D eigenvalue weighted by atomic mass is 32.2. The van der Waals surface area contributed by atoms with Crippen molar-refractivity contribution in [2.24, 2.45) is 7.05 Å². The van der Waals surface area contributed by atoms with Crippen molar-refractivity contribution in [1.29, 1.82) is 0 Å². The fraction of sp³-hybridized carbons (Fsp3) is 0.200. The zero-order valence-corrected chi connectivity index (χ0v) is 16.9. The Bertz CT molecular complexity index is 1140. The van der Waals surface area contributed by atoms with E-state index in [1.54, 1.807) is 50.6 Å². The summed E-state index contributed by atoms with van der Waals surface area (Å²) in [7, 11) is 0.879. The number of rotatable bonds is 4. The topological polar surface area (TPSA) is 77.3 Å². The molecule has 2 aromatic carbocycles. The van der Waals surface area contributed by atoms with Crippen molar-refractivity contribution in [2.45, 2.75) is 11.8 Å². The van der Waals surface area contributed by atoms with E-state index in [4.69, 9.17) is 4.74 Å². The summed E-state index contributed by atoms with van der Waals surface area (Å²) in [5, 5.41) is 8.39. The summed E-state index contributed by atoms with van der Waals surface area (Å²) in [6.07, 6.45) is 0. The number of anilines is 1. The first kappa shape index (κ1) is 19.5. The second kappa shape index (κ2) is 7.74. The van der Waals surface area contributed by atoms with E-state index >= 15 is 0 Å². The molecule has 0 radical (unpaired) electrons. The predicted octanol–water partition coefficient (Wildman–Crippen LogP) is 2.36. The van der Waals surface area contributed by atoms with Crippen molar-refractivity contribution in [3.8, 4) is 17.6 Å². The van der Waals surface area contributed by atoms with Crippen LogP contribution in [0.15, 0.2) is 53.4 Å². The maximum atomic E-state index is 12.9. The van der Waals surface area contributed by atoms with Crippen LogP contribution in [0.2, 0.25) is 0 Å². The summed E-state index contributed by atoms with van der Waals surface area (Å²) >= 11 is 0. The fourth-order valence-electron chi connectivity index (χ4n) is 2.48. The maximum absolute atomic E-state index is 12.9. The van der Waals surface area contributed by atoms with Gasteiger partial charge in [0.25, 0.3) is 10.0 Å². The smallest absolute Gasteiger partial charge is 0.265 e. The van der Waals surface area contributed by atoms with E-state index in [-0.39, 0.29) is 16.4 Å². The van der Waals surface area contributed by atoms with Crippen LogP contribution in [-0.4, -0.2) is 37.6 Å². The minimum atomic E-state index is -3.78. The Morgan fingerprint density at radius 1 is 1.00 bits per heavy atom. The Kier molecular flexibility index (Phi) is 5.38. The van der Waals surface area contributed by atoms with Gasteiger partial charge in [0.15, 0.2) is 5.69 Å². The number of aryl methyl sites for hydroxylation is 2. The van der Waals surface area contributed by atoms with Crippen LogP contribution >= 0.6 is 0 Å². The Hall–Kier alpha value is -3.31. The third-order valence-corrected chi connectivity index (χ3v) is 5.85. The Morgan fingerprint density at radius 3 is 2.25 bits per heavy atom. The van der Waals surface area contributed by atoms with E-state index in [1.165, 1.54) is 11.8 Å². The van der Waals surface area contributed by atoms with Crippen molar-refractivity contribution >= 4 is 15.8 Å². The molecule has 0 unspecified atom stereocenters. The maximum Gasteiger partial charge on any atom is 0.265 e. The number of benzene rings is 2. The second-order valence-corrected chi connectivity index (χ2v) is 8.10. The number of hydrogen-bond donors (Lipinski definition) is 0. The van der Waals surface area contributed by atoms with Gasteiger partial charge in [0.05, 0.1) is 12.0 Å². The lowest BCUT2D eigenvalue weighted by Gasteiger charge is -2.16. The molecule has 3 aromatic rings. The molecule has 28 heavy (non-hydrogen) atoms. The first-order valence-electron chi connectivity index (χ1n) is 8.44. The second-order valence-electron chi connectivity index (χ2n) is 6.13. The van der Waals surface area contributed by atoms with Crippen LogP contribution in [0.1, 0.15) is 16.8 Å². The summed E-state index contributed by atoms with van der Waals surface area (Å²) in [5.74, 6) is 6.79. The summed E-state index contributed by atoms with van der Waals surface area (Å²) in [6.45, 7) is 1.90. The van der Waals surface area contributed by atoms with Gasteiger partial charge in [0.1, 0.15) is 5.75 Å². The molecule has 0 aliphatic rings. The van der Waals surface area contributed by atoms with E-state index < -0.39 is 10.0 Å². The van der Waals surface area contributed by atoms with Crippen LogP contribution in [0.4, 0.5) is 5.82 Å². The standard InChI is InChI=1S/C20H20N4O3S/c1-15-5-12-18(13-6-15)28(25,26)23(2)20-19(21-24(3)22-20)14-9-16-7-10-17(27-4)11-8-16/h5-8,10-13H,1-4H3. The first-order chi connectivity index (χ1) is 13.3. The molecule has 0 saturated heterocycles. The highest BCUT2D eigenvalue weighted by Crippen LogP contribution is 2.22. The molecule has 0 bridgehead atoms. The molecule has 0 aliphatic carbocycles. The number of hydrogen-bond acceptors (Lipinski definition) is 5.